The third-order valence-corrected chi connectivity index (χ3v) is 4.18. The molecule has 0 aromatic heterocycles. The van der Waals surface area contributed by atoms with Crippen molar-refractivity contribution < 1.29 is 8.78 Å². The van der Waals surface area contributed by atoms with E-state index in [1.165, 1.54) is 0 Å². The van der Waals surface area contributed by atoms with Crippen LogP contribution in [-0.2, 0) is 0 Å². The summed E-state index contributed by atoms with van der Waals surface area (Å²) in [5, 5.41) is 3.25. The quantitative estimate of drug-likeness (QED) is 0.763. The minimum atomic E-state index is -2.29. The van der Waals surface area contributed by atoms with E-state index in [4.69, 9.17) is 0 Å². The van der Waals surface area contributed by atoms with E-state index in [0.29, 0.717) is 0 Å². The predicted molar refractivity (Wildman–Crippen MR) is 86.9 cm³/mol. The van der Waals surface area contributed by atoms with E-state index >= 15 is 0 Å². The van der Waals surface area contributed by atoms with E-state index in [2.05, 4.69) is 42.1 Å². The van der Waals surface area contributed by atoms with Crippen LogP contribution in [-0.4, -0.2) is 37.5 Å². The zero-order valence-electron chi connectivity index (χ0n) is 10.8. The molecule has 1 aliphatic rings. The van der Waals surface area contributed by atoms with Gasteiger partial charge in [-0.3, -0.25) is 4.90 Å². The standard InChI is InChI=1S/C13H16Br2F2N2.ClH/c14-10-5-9(6-11(15)7-10)12(8-13(16)17)19-3-1-18-2-4-19;/h5-7,12-13,18H,1-4,8H2;1H/t12-;/m1./s1. The van der Waals surface area contributed by atoms with Gasteiger partial charge >= 0.3 is 0 Å². The molecule has 1 N–H and O–H groups in total. The van der Waals surface area contributed by atoms with Gasteiger partial charge in [-0.25, -0.2) is 8.78 Å². The van der Waals surface area contributed by atoms with Gasteiger partial charge in [0.05, 0.1) is 0 Å². The number of halogens is 5. The lowest BCUT2D eigenvalue weighted by molar-refractivity contribution is 0.0739. The maximum atomic E-state index is 12.9. The maximum Gasteiger partial charge on any atom is 0.240 e. The Hall–Kier alpha value is 0.250. The van der Waals surface area contributed by atoms with Crippen LogP contribution in [0.25, 0.3) is 0 Å². The molecule has 1 fully saturated rings. The van der Waals surface area contributed by atoms with Crippen LogP contribution in [0, 0.1) is 0 Å². The number of hydrogen-bond acceptors (Lipinski definition) is 2. The van der Waals surface area contributed by atoms with Crippen LogP contribution in [0.15, 0.2) is 27.1 Å². The van der Waals surface area contributed by atoms with Gasteiger partial charge in [0.15, 0.2) is 0 Å². The van der Waals surface area contributed by atoms with Gasteiger partial charge in [-0.1, -0.05) is 31.9 Å². The third kappa shape index (κ3) is 5.22. The zero-order valence-corrected chi connectivity index (χ0v) is 14.8. The Kier molecular flexibility index (Phi) is 7.90. The van der Waals surface area contributed by atoms with E-state index in [0.717, 1.165) is 40.7 Å². The largest absolute Gasteiger partial charge is 0.314 e. The first-order valence-corrected chi connectivity index (χ1v) is 7.84. The number of piperazine rings is 1. The Morgan fingerprint density at radius 2 is 1.65 bits per heavy atom. The Labute approximate surface area is 141 Å². The summed E-state index contributed by atoms with van der Waals surface area (Å²) in [4.78, 5) is 2.14. The van der Waals surface area contributed by atoms with Crippen LogP contribution in [0.1, 0.15) is 18.0 Å². The van der Waals surface area contributed by atoms with Crippen molar-refractivity contribution in [3.8, 4) is 0 Å². The van der Waals surface area contributed by atoms with Gasteiger partial charge in [-0.2, -0.15) is 0 Å². The summed E-state index contributed by atoms with van der Waals surface area (Å²) in [6.07, 6.45) is -2.42. The fourth-order valence-corrected chi connectivity index (χ4v) is 3.76. The van der Waals surface area contributed by atoms with E-state index in [1.807, 2.05) is 18.2 Å². The van der Waals surface area contributed by atoms with Crippen LogP contribution in [0.4, 0.5) is 8.78 Å². The van der Waals surface area contributed by atoms with Gasteiger partial charge in [-0.15, -0.1) is 12.4 Å². The Morgan fingerprint density at radius 3 is 2.15 bits per heavy atom. The van der Waals surface area contributed by atoms with Gasteiger partial charge in [0.1, 0.15) is 0 Å². The SMILES string of the molecule is Cl.FC(F)C[C@H](c1cc(Br)cc(Br)c1)N1CCNCC1. The van der Waals surface area contributed by atoms with Crippen LogP contribution in [0.3, 0.4) is 0 Å². The molecule has 1 aromatic carbocycles. The molecule has 7 heteroatoms. The number of nitrogens with one attached hydrogen (secondary N) is 1. The smallest absolute Gasteiger partial charge is 0.240 e. The second-order valence-corrected chi connectivity index (χ2v) is 6.46. The van der Waals surface area contributed by atoms with Crippen molar-refractivity contribution in [3.63, 3.8) is 0 Å². The van der Waals surface area contributed by atoms with Gasteiger partial charge in [0.2, 0.25) is 6.43 Å². The number of nitrogens with zero attached hydrogens (tertiary/aromatic N) is 1. The average Bonchev–Trinajstić information content (AvgIpc) is 2.35. The first-order chi connectivity index (χ1) is 9.06. The van der Waals surface area contributed by atoms with Gasteiger partial charge in [0, 0.05) is 47.6 Å². The topological polar surface area (TPSA) is 15.3 Å². The maximum absolute atomic E-state index is 12.9. The molecule has 0 saturated carbocycles. The van der Waals surface area contributed by atoms with Crippen molar-refractivity contribution >= 4 is 44.3 Å². The lowest BCUT2D eigenvalue weighted by atomic mass is 10.0. The minimum Gasteiger partial charge on any atom is -0.314 e. The highest BCUT2D eigenvalue weighted by atomic mass is 79.9. The summed E-state index contributed by atoms with van der Waals surface area (Å²) in [6, 6.07) is 5.55. The molecule has 20 heavy (non-hydrogen) atoms. The molecule has 1 heterocycles. The highest BCUT2D eigenvalue weighted by Crippen LogP contribution is 2.31. The summed E-state index contributed by atoms with van der Waals surface area (Å²) in [5.41, 5.74) is 0.934. The highest BCUT2D eigenvalue weighted by Gasteiger charge is 2.25. The molecule has 2 nitrogen and oxygen atoms in total. The second-order valence-electron chi connectivity index (χ2n) is 4.63. The minimum absolute atomic E-state index is 0. The highest BCUT2D eigenvalue weighted by molar-refractivity contribution is 9.11. The molecule has 0 amide bonds. The van der Waals surface area contributed by atoms with Crippen molar-refractivity contribution in [2.45, 2.75) is 18.9 Å². The average molecular weight is 435 g/mol. The molecule has 0 spiro atoms. The third-order valence-electron chi connectivity index (χ3n) is 3.26. The molecule has 0 radical (unpaired) electrons. The summed E-state index contributed by atoms with van der Waals surface area (Å²) in [5.74, 6) is 0. The van der Waals surface area contributed by atoms with Crippen molar-refractivity contribution in [2.75, 3.05) is 26.2 Å². The lowest BCUT2D eigenvalue weighted by Crippen LogP contribution is -2.45. The van der Waals surface area contributed by atoms with Crippen LogP contribution in [0.2, 0.25) is 0 Å². The van der Waals surface area contributed by atoms with Crippen molar-refractivity contribution in [3.05, 3.63) is 32.7 Å². The fraction of sp³-hybridized carbons (Fsp3) is 0.538. The molecule has 2 rings (SSSR count). The van der Waals surface area contributed by atoms with Gasteiger partial charge < -0.3 is 5.32 Å². The molecule has 0 aliphatic carbocycles. The number of hydrogen-bond donors (Lipinski definition) is 1. The van der Waals surface area contributed by atoms with E-state index in [9.17, 15) is 8.78 Å². The Bertz CT molecular complexity index is 409. The summed E-state index contributed by atoms with van der Waals surface area (Å²) in [7, 11) is 0. The zero-order chi connectivity index (χ0) is 13.8. The molecule has 114 valence electrons. The molecule has 1 aliphatic heterocycles. The Balaban J connectivity index is 0.00000200. The van der Waals surface area contributed by atoms with Crippen molar-refractivity contribution in [1.82, 2.24) is 10.2 Å². The summed E-state index contributed by atoms with van der Waals surface area (Å²) in [6.45, 7) is 3.33. The predicted octanol–water partition coefficient (Wildman–Crippen LogP) is 4.23. The summed E-state index contributed by atoms with van der Waals surface area (Å²) < 4.78 is 27.5. The monoisotopic (exact) mass is 432 g/mol. The first kappa shape index (κ1) is 18.3. The molecular weight excluding hydrogens is 417 g/mol. The van der Waals surface area contributed by atoms with Crippen LogP contribution in [0.5, 0.6) is 0 Å². The van der Waals surface area contributed by atoms with Gasteiger partial charge in [0.25, 0.3) is 0 Å². The Morgan fingerprint density at radius 1 is 1.10 bits per heavy atom. The summed E-state index contributed by atoms with van der Waals surface area (Å²) >= 11 is 6.85. The number of benzene rings is 1. The molecule has 1 atom stereocenters. The van der Waals surface area contributed by atoms with Crippen molar-refractivity contribution in [1.29, 1.82) is 0 Å². The van der Waals surface area contributed by atoms with Crippen molar-refractivity contribution in [2.24, 2.45) is 0 Å². The fourth-order valence-electron chi connectivity index (χ4n) is 2.43. The number of rotatable bonds is 4. The molecule has 0 unspecified atom stereocenters. The second kappa shape index (κ2) is 8.63. The normalized spacial score (nSPS) is 17.9. The molecule has 0 bridgehead atoms. The lowest BCUT2D eigenvalue weighted by Gasteiger charge is -2.35. The molecule has 1 saturated heterocycles. The first-order valence-electron chi connectivity index (χ1n) is 6.25. The number of alkyl halides is 2. The van der Waals surface area contributed by atoms with E-state index in [-0.39, 0.29) is 24.9 Å². The van der Waals surface area contributed by atoms with Crippen LogP contribution >= 0.6 is 44.3 Å². The van der Waals surface area contributed by atoms with Gasteiger partial charge in [-0.05, 0) is 23.8 Å². The molecule has 1 aromatic rings. The van der Waals surface area contributed by atoms with Crippen LogP contribution < -0.4 is 5.32 Å². The molecular formula is C13H17Br2ClF2N2. The van der Waals surface area contributed by atoms with E-state index < -0.39 is 6.43 Å². The van der Waals surface area contributed by atoms with E-state index in [1.54, 1.807) is 0 Å².